The van der Waals surface area contributed by atoms with Crippen molar-refractivity contribution in [1.29, 1.82) is 0 Å². The van der Waals surface area contributed by atoms with E-state index in [1.54, 1.807) is 13.8 Å². The van der Waals surface area contributed by atoms with Gasteiger partial charge in [0.15, 0.2) is 0 Å². The predicted octanol–water partition coefficient (Wildman–Crippen LogP) is 1.75. The number of aliphatic carboxylic acids is 1. The van der Waals surface area contributed by atoms with Crippen LogP contribution < -0.4 is 4.72 Å². The molecule has 0 saturated heterocycles. The summed E-state index contributed by atoms with van der Waals surface area (Å²) in [4.78, 5) is 10.4. The predicted molar refractivity (Wildman–Crippen MR) is 67.7 cm³/mol. The first-order valence-electron chi connectivity index (χ1n) is 5.64. The first-order chi connectivity index (χ1) is 8.62. The molecule has 0 bridgehead atoms. The molecule has 0 unspecified atom stereocenters. The smallest absolute Gasteiger partial charge is 0.303 e. The van der Waals surface area contributed by atoms with Crippen LogP contribution in [0.2, 0.25) is 0 Å². The van der Waals surface area contributed by atoms with Gasteiger partial charge in [0.2, 0.25) is 10.0 Å². The van der Waals surface area contributed by atoms with Crippen LogP contribution in [0.25, 0.3) is 0 Å². The van der Waals surface area contributed by atoms with Crippen molar-refractivity contribution in [2.45, 2.75) is 37.1 Å². The van der Waals surface area contributed by atoms with Crippen molar-refractivity contribution in [3.05, 3.63) is 30.1 Å². The lowest BCUT2D eigenvalue weighted by Gasteiger charge is -2.25. The van der Waals surface area contributed by atoms with Crippen LogP contribution in [-0.4, -0.2) is 25.0 Å². The number of rotatable bonds is 6. The van der Waals surface area contributed by atoms with Crippen LogP contribution >= 0.6 is 0 Å². The van der Waals surface area contributed by atoms with Crippen LogP contribution in [0.5, 0.6) is 0 Å². The Labute approximate surface area is 111 Å². The van der Waals surface area contributed by atoms with Gasteiger partial charge in [0.05, 0.1) is 4.90 Å². The van der Waals surface area contributed by atoms with Crippen LogP contribution in [0.3, 0.4) is 0 Å². The van der Waals surface area contributed by atoms with E-state index in [0.29, 0.717) is 0 Å². The third-order valence-electron chi connectivity index (χ3n) is 2.50. The molecular formula is C12H16FNO4S. The number of halogens is 1. The Bertz CT molecular complexity index is 552. The fourth-order valence-corrected chi connectivity index (χ4v) is 2.95. The molecule has 0 radical (unpaired) electrons. The lowest BCUT2D eigenvalue weighted by atomic mass is 10.0. The van der Waals surface area contributed by atoms with Crippen molar-refractivity contribution in [3.8, 4) is 0 Å². The van der Waals surface area contributed by atoms with E-state index >= 15 is 0 Å². The standard InChI is InChI=1S/C12H16FNO4S/c1-12(2,8-7-11(15)16)14-19(17,18)10-5-3-9(13)4-6-10/h3-6,14H,7-8H2,1-2H3,(H,15,16). The molecule has 2 N–H and O–H groups in total. The van der Waals surface area contributed by atoms with Gasteiger partial charge in [0.1, 0.15) is 5.82 Å². The second-order valence-corrected chi connectivity index (χ2v) is 6.52. The highest BCUT2D eigenvalue weighted by Gasteiger charge is 2.26. The fourth-order valence-electron chi connectivity index (χ4n) is 1.51. The van der Waals surface area contributed by atoms with E-state index in [4.69, 9.17) is 5.11 Å². The Hall–Kier alpha value is -1.47. The molecule has 0 aliphatic carbocycles. The summed E-state index contributed by atoms with van der Waals surface area (Å²) in [5, 5.41) is 8.60. The fraction of sp³-hybridized carbons (Fsp3) is 0.417. The normalized spacial score (nSPS) is 12.4. The van der Waals surface area contributed by atoms with Gasteiger partial charge in [-0.05, 0) is 44.5 Å². The highest BCUT2D eigenvalue weighted by Crippen LogP contribution is 2.17. The number of hydrogen-bond donors (Lipinski definition) is 2. The van der Waals surface area contributed by atoms with Gasteiger partial charge in [-0.25, -0.2) is 17.5 Å². The molecule has 106 valence electrons. The summed E-state index contributed by atoms with van der Waals surface area (Å²) >= 11 is 0. The highest BCUT2D eigenvalue weighted by molar-refractivity contribution is 7.89. The van der Waals surface area contributed by atoms with Gasteiger partial charge >= 0.3 is 5.97 Å². The summed E-state index contributed by atoms with van der Waals surface area (Å²) in [5.74, 6) is -1.52. The van der Waals surface area contributed by atoms with Crippen LogP contribution in [-0.2, 0) is 14.8 Å². The molecule has 0 aromatic heterocycles. The number of carboxylic acid groups (broad SMARTS) is 1. The molecule has 0 atom stereocenters. The summed E-state index contributed by atoms with van der Waals surface area (Å²) in [7, 11) is -3.79. The van der Waals surface area contributed by atoms with Crippen LogP contribution in [0.1, 0.15) is 26.7 Å². The Kier molecular flexibility index (Phi) is 4.65. The average Bonchev–Trinajstić information content (AvgIpc) is 2.26. The van der Waals surface area contributed by atoms with E-state index in [9.17, 15) is 17.6 Å². The molecule has 0 spiro atoms. The van der Waals surface area contributed by atoms with Gasteiger partial charge in [-0.3, -0.25) is 4.79 Å². The monoisotopic (exact) mass is 289 g/mol. The van der Waals surface area contributed by atoms with Crippen molar-refractivity contribution < 1.29 is 22.7 Å². The molecule has 19 heavy (non-hydrogen) atoms. The first kappa shape index (κ1) is 15.6. The van der Waals surface area contributed by atoms with Crippen LogP contribution in [0.4, 0.5) is 4.39 Å². The van der Waals surface area contributed by atoms with Crippen molar-refractivity contribution in [2.24, 2.45) is 0 Å². The topological polar surface area (TPSA) is 83.5 Å². The number of hydrogen-bond acceptors (Lipinski definition) is 3. The maximum Gasteiger partial charge on any atom is 0.303 e. The maximum absolute atomic E-state index is 12.7. The Morgan fingerprint density at radius 1 is 1.32 bits per heavy atom. The molecule has 0 aliphatic heterocycles. The Morgan fingerprint density at radius 2 is 1.84 bits per heavy atom. The van der Waals surface area contributed by atoms with E-state index in [-0.39, 0.29) is 17.7 Å². The molecule has 1 aromatic rings. The summed E-state index contributed by atoms with van der Waals surface area (Å²) in [6.45, 7) is 3.19. The second kappa shape index (κ2) is 5.66. The molecule has 0 saturated carbocycles. The van der Waals surface area contributed by atoms with Gasteiger partial charge in [0, 0.05) is 12.0 Å². The summed E-state index contributed by atoms with van der Waals surface area (Å²) in [6, 6.07) is 4.42. The third kappa shape index (κ3) is 4.96. The summed E-state index contributed by atoms with van der Waals surface area (Å²) in [6.07, 6.45) is 0.0156. The molecular weight excluding hydrogens is 273 g/mol. The zero-order valence-corrected chi connectivity index (χ0v) is 11.5. The van der Waals surface area contributed by atoms with Crippen molar-refractivity contribution in [3.63, 3.8) is 0 Å². The van der Waals surface area contributed by atoms with Crippen molar-refractivity contribution in [2.75, 3.05) is 0 Å². The number of carbonyl (C=O) groups is 1. The minimum atomic E-state index is -3.79. The van der Waals surface area contributed by atoms with Crippen LogP contribution in [0.15, 0.2) is 29.2 Å². The minimum absolute atomic E-state index is 0.0581. The van der Waals surface area contributed by atoms with Crippen molar-refractivity contribution >= 4 is 16.0 Å². The quantitative estimate of drug-likeness (QED) is 0.835. The van der Waals surface area contributed by atoms with Gasteiger partial charge in [-0.15, -0.1) is 0 Å². The molecule has 0 fully saturated rings. The number of nitrogens with one attached hydrogen (secondary N) is 1. The summed E-state index contributed by atoms with van der Waals surface area (Å²) in [5.41, 5.74) is -0.897. The zero-order chi connectivity index (χ0) is 14.7. The van der Waals surface area contributed by atoms with Crippen molar-refractivity contribution in [1.82, 2.24) is 4.72 Å². The zero-order valence-electron chi connectivity index (χ0n) is 10.7. The minimum Gasteiger partial charge on any atom is -0.481 e. The average molecular weight is 289 g/mol. The second-order valence-electron chi connectivity index (χ2n) is 4.84. The molecule has 1 rings (SSSR count). The number of carboxylic acids is 1. The highest BCUT2D eigenvalue weighted by atomic mass is 32.2. The lowest BCUT2D eigenvalue weighted by Crippen LogP contribution is -2.43. The lowest BCUT2D eigenvalue weighted by molar-refractivity contribution is -0.137. The van der Waals surface area contributed by atoms with Crippen LogP contribution in [0, 0.1) is 5.82 Å². The van der Waals surface area contributed by atoms with E-state index in [1.165, 1.54) is 0 Å². The number of benzene rings is 1. The van der Waals surface area contributed by atoms with Gasteiger partial charge in [0.25, 0.3) is 0 Å². The Morgan fingerprint density at radius 3 is 2.32 bits per heavy atom. The Balaban J connectivity index is 2.84. The van der Waals surface area contributed by atoms with E-state index in [1.807, 2.05) is 0 Å². The largest absolute Gasteiger partial charge is 0.481 e. The number of sulfonamides is 1. The SMILES string of the molecule is CC(C)(CCC(=O)O)NS(=O)(=O)c1ccc(F)cc1. The molecule has 0 amide bonds. The van der Waals surface area contributed by atoms with Gasteiger partial charge < -0.3 is 5.11 Å². The third-order valence-corrected chi connectivity index (χ3v) is 4.21. The summed E-state index contributed by atoms with van der Waals surface area (Å²) < 4.78 is 39.2. The molecule has 5 nitrogen and oxygen atoms in total. The van der Waals surface area contributed by atoms with E-state index < -0.39 is 27.3 Å². The molecule has 0 aliphatic rings. The maximum atomic E-state index is 12.7. The molecule has 0 heterocycles. The van der Waals surface area contributed by atoms with Gasteiger partial charge in [-0.1, -0.05) is 0 Å². The van der Waals surface area contributed by atoms with Gasteiger partial charge in [-0.2, -0.15) is 0 Å². The van der Waals surface area contributed by atoms with E-state index in [2.05, 4.69) is 4.72 Å². The van der Waals surface area contributed by atoms with E-state index in [0.717, 1.165) is 24.3 Å². The first-order valence-corrected chi connectivity index (χ1v) is 7.12. The molecule has 1 aromatic carbocycles. The molecule has 7 heteroatoms.